The van der Waals surface area contributed by atoms with Gasteiger partial charge in [-0.3, -0.25) is 0 Å². The number of carbonyl (C=O) groups is 1. The van der Waals surface area contributed by atoms with Gasteiger partial charge in [0.25, 0.3) is 0 Å². The Labute approximate surface area is 131 Å². The summed E-state index contributed by atoms with van der Waals surface area (Å²) in [5.74, 6) is 0.0108. The zero-order valence-electron chi connectivity index (χ0n) is 11.7. The molecule has 5 heteroatoms. The maximum atomic E-state index is 12.2. The van der Waals surface area contributed by atoms with Crippen molar-refractivity contribution in [3.05, 3.63) is 64.1 Å². The fourth-order valence-corrected chi connectivity index (χ4v) is 2.27. The number of halogens is 1. The Kier molecular flexibility index (Phi) is 5.11. The van der Waals surface area contributed by atoms with Crippen molar-refractivity contribution in [2.45, 2.75) is 6.92 Å². The first-order valence-electron chi connectivity index (χ1n) is 6.27. The van der Waals surface area contributed by atoms with Crippen molar-refractivity contribution >= 4 is 27.6 Å². The highest BCUT2D eigenvalue weighted by Gasteiger charge is 2.15. The number of hydrogen-bond acceptors (Lipinski definition) is 4. The van der Waals surface area contributed by atoms with Crippen LogP contribution in [0.2, 0.25) is 0 Å². The quantitative estimate of drug-likeness (QED) is 0.363. The van der Waals surface area contributed by atoms with E-state index in [1.807, 2.05) is 18.2 Å². The lowest BCUT2D eigenvalue weighted by molar-refractivity contribution is 0.0733. The smallest absolute Gasteiger partial charge is 0.344 e. The van der Waals surface area contributed by atoms with Crippen LogP contribution in [0, 0.1) is 0 Å². The average Bonchev–Trinajstić information content (AvgIpc) is 2.48. The summed E-state index contributed by atoms with van der Waals surface area (Å²) in [6.07, 6.45) is 0. The molecule has 4 nitrogen and oxygen atoms in total. The van der Waals surface area contributed by atoms with Crippen LogP contribution in [0.25, 0.3) is 0 Å². The van der Waals surface area contributed by atoms with Gasteiger partial charge in [-0.25, -0.2) is 4.79 Å². The van der Waals surface area contributed by atoms with Crippen molar-refractivity contribution in [1.29, 1.82) is 0 Å². The molecule has 0 aliphatic carbocycles. The molecule has 0 atom stereocenters. The van der Waals surface area contributed by atoms with Gasteiger partial charge in [-0.2, -0.15) is 0 Å². The molecule has 0 saturated heterocycles. The Morgan fingerprint density at radius 2 is 1.67 bits per heavy atom. The molecule has 108 valence electrons. The predicted octanol–water partition coefficient (Wildman–Crippen LogP) is 4.04. The number of hydrogen-bond donors (Lipinski definition) is 0. The van der Waals surface area contributed by atoms with Crippen LogP contribution in [0.5, 0.6) is 5.75 Å². The van der Waals surface area contributed by atoms with Gasteiger partial charge in [-0.15, -0.1) is 0 Å². The summed E-state index contributed by atoms with van der Waals surface area (Å²) in [4.78, 5) is 17.0. The standard InChI is InChI=1S/C16H14BrNO3/c1-11(18-20-2)12-7-4-6-10-15(12)21-16(19)13-8-3-5-9-14(13)17/h3-10H,1-2H3/b18-11+. The summed E-state index contributed by atoms with van der Waals surface area (Å²) in [7, 11) is 1.47. The average molecular weight is 348 g/mol. The van der Waals surface area contributed by atoms with E-state index >= 15 is 0 Å². The van der Waals surface area contributed by atoms with Gasteiger partial charge < -0.3 is 9.57 Å². The van der Waals surface area contributed by atoms with Crippen LogP contribution >= 0.6 is 15.9 Å². The lowest BCUT2D eigenvalue weighted by atomic mass is 10.1. The van der Waals surface area contributed by atoms with Crippen molar-refractivity contribution in [2.75, 3.05) is 7.11 Å². The van der Waals surface area contributed by atoms with E-state index in [4.69, 9.17) is 9.57 Å². The molecule has 21 heavy (non-hydrogen) atoms. The minimum Gasteiger partial charge on any atom is -0.422 e. The van der Waals surface area contributed by atoms with Gasteiger partial charge >= 0.3 is 5.97 Å². The van der Waals surface area contributed by atoms with Gasteiger partial charge in [-0.1, -0.05) is 29.4 Å². The second-order valence-corrected chi connectivity index (χ2v) is 5.08. The molecule has 2 aromatic carbocycles. The molecule has 0 amide bonds. The molecule has 2 rings (SSSR count). The summed E-state index contributed by atoms with van der Waals surface area (Å²) in [5.41, 5.74) is 1.81. The Hall–Kier alpha value is -2.14. The zero-order valence-corrected chi connectivity index (χ0v) is 13.3. The molecule has 0 bridgehead atoms. The number of esters is 1. The number of nitrogens with zero attached hydrogens (tertiary/aromatic N) is 1. The lowest BCUT2D eigenvalue weighted by Gasteiger charge is -2.10. The topological polar surface area (TPSA) is 47.9 Å². The molecule has 0 aliphatic rings. The van der Waals surface area contributed by atoms with E-state index in [9.17, 15) is 4.79 Å². The highest BCUT2D eigenvalue weighted by molar-refractivity contribution is 9.10. The summed E-state index contributed by atoms with van der Waals surface area (Å²) in [5, 5.41) is 3.87. The second-order valence-electron chi connectivity index (χ2n) is 4.22. The maximum Gasteiger partial charge on any atom is 0.344 e. The minimum atomic E-state index is -0.430. The van der Waals surface area contributed by atoms with Crippen LogP contribution in [0.15, 0.2) is 58.2 Å². The first-order valence-corrected chi connectivity index (χ1v) is 7.06. The molecule has 0 aromatic heterocycles. The number of carbonyl (C=O) groups excluding carboxylic acids is 1. The summed E-state index contributed by atoms with van der Waals surface area (Å²) < 4.78 is 6.16. The van der Waals surface area contributed by atoms with Crippen molar-refractivity contribution in [3.63, 3.8) is 0 Å². The van der Waals surface area contributed by atoms with Gasteiger partial charge in [0.15, 0.2) is 0 Å². The number of oxime groups is 1. The molecule has 0 N–H and O–H groups in total. The SMILES string of the molecule is CO/N=C(\C)c1ccccc1OC(=O)c1ccccc1Br. The molecule has 0 unspecified atom stereocenters. The van der Waals surface area contributed by atoms with Crippen LogP contribution in [0.3, 0.4) is 0 Å². The van der Waals surface area contributed by atoms with E-state index in [0.29, 0.717) is 27.1 Å². The normalized spacial score (nSPS) is 11.1. The van der Waals surface area contributed by atoms with Crippen LogP contribution < -0.4 is 4.74 Å². The molecule has 0 spiro atoms. The third-order valence-electron chi connectivity index (χ3n) is 2.80. The number of ether oxygens (including phenoxy) is 1. The van der Waals surface area contributed by atoms with E-state index in [1.54, 1.807) is 37.3 Å². The van der Waals surface area contributed by atoms with Crippen molar-refractivity contribution < 1.29 is 14.4 Å². The molecule has 0 fully saturated rings. The van der Waals surface area contributed by atoms with Gasteiger partial charge in [0.05, 0.1) is 11.3 Å². The number of para-hydroxylation sites is 1. The third-order valence-corrected chi connectivity index (χ3v) is 3.49. The van der Waals surface area contributed by atoms with E-state index in [1.165, 1.54) is 7.11 Å². The van der Waals surface area contributed by atoms with Gasteiger partial charge in [0.1, 0.15) is 12.9 Å². The largest absolute Gasteiger partial charge is 0.422 e. The van der Waals surface area contributed by atoms with E-state index < -0.39 is 5.97 Å². The van der Waals surface area contributed by atoms with Crippen LogP contribution in [-0.4, -0.2) is 18.8 Å². The third kappa shape index (κ3) is 3.70. The molecular weight excluding hydrogens is 334 g/mol. The van der Waals surface area contributed by atoms with Crippen LogP contribution in [0.1, 0.15) is 22.8 Å². The van der Waals surface area contributed by atoms with Crippen LogP contribution in [0.4, 0.5) is 0 Å². The summed E-state index contributed by atoms with van der Waals surface area (Å²) in [6, 6.07) is 14.3. The highest BCUT2D eigenvalue weighted by atomic mass is 79.9. The summed E-state index contributed by atoms with van der Waals surface area (Å²) in [6.45, 7) is 1.79. The lowest BCUT2D eigenvalue weighted by Crippen LogP contribution is -2.11. The van der Waals surface area contributed by atoms with Gasteiger partial charge in [0.2, 0.25) is 0 Å². The van der Waals surface area contributed by atoms with Crippen molar-refractivity contribution in [2.24, 2.45) is 5.16 Å². The first kappa shape index (κ1) is 15.3. The number of benzene rings is 2. The molecule has 2 aromatic rings. The monoisotopic (exact) mass is 347 g/mol. The minimum absolute atomic E-state index is 0.430. The van der Waals surface area contributed by atoms with E-state index in [0.717, 1.165) is 0 Å². The zero-order chi connectivity index (χ0) is 15.2. The molecule has 0 aliphatic heterocycles. The fraction of sp³-hybridized carbons (Fsp3) is 0.125. The number of rotatable bonds is 4. The van der Waals surface area contributed by atoms with Gasteiger partial charge in [-0.05, 0) is 47.1 Å². The maximum absolute atomic E-state index is 12.2. The summed E-state index contributed by atoms with van der Waals surface area (Å²) >= 11 is 3.34. The van der Waals surface area contributed by atoms with Gasteiger partial charge in [0, 0.05) is 10.0 Å². The molecule has 0 saturated carbocycles. The predicted molar refractivity (Wildman–Crippen MR) is 84.8 cm³/mol. The molecular formula is C16H14BrNO3. The van der Waals surface area contributed by atoms with Crippen molar-refractivity contribution in [1.82, 2.24) is 0 Å². The fourth-order valence-electron chi connectivity index (χ4n) is 1.82. The Morgan fingerprint density at radius 3 is 2.33 bits per heavy atom. The molecule has 0 heterocycles. The second kappa shape index (κ2) is 7.04. The van der Waals surface area contributed by atoms with E-state index in [2.05, 4.69) is 21.1 Å². The Bertz CT molecular complexity index is 683. The highest BCUT2D eigenvalue weighted by Crippen LogP contribution is 2.23. The van der Waals surface area contributed by atoms with Crippen molar-refractivity contribution in [3.8, 4) is 5.75 Å². The first-order chi connectivity index (χ1) is 10.1. The Balaban J connectivity index is 2.30. The Morgan fingerprint density at radius 1 is 1.05 bits per heavy atom. The van der Waals surface area contributed by atoms with E-state index in [-0.39, 0.29) is 0 Å². The molecule has 0 radical (unpaired) electrons. The van der Waals surface area contributed by atoms with Crippen LogP contribution in [-0.2, 0) is 4.84 Å².